The van der Waals surface area contributed by atoms with Gasteiger partial charge in [0.05, 0.1) is 5.02 Å². The molecule has 2 N–H and O–H groups in total. The monoisotopic (exact) mass is 282 g/mol. The van der Waals surface area contributed by atoms with Crippen LogP contribution in [0.3, 0.4) is 0 Å². The summed E-state index contributed by atoms with van der Waals surface area (Å²) in [7, 11) is 0. The molecule has 0 aliphatic rings. The highest BCUT2D eigenvalue weighted by Gasteiger charge is 2.11. The van der Waals surface area contributed by atoms with E-state index in [2.05, 4.69) is 4.98 Å². The molecule has 0 amide bonds. The Bertz CT molecular complexity index is 558. The molecule has 2 aromatic rings. The Balaban J connectivity index is 2.37. The molecule has 0 aliphatic heterocycles. The van der Waals surface area contributed by atoms with Gasteiger partial charge in [-0.25, -0.2) is 4.98 Å². The number of pyridine rings is 1. The second-order valence-electron chi connectivity index (χ2n) is 3.86. The fourth-order valence-corrected chi connectivity index (χ4v) is 1.81. The Morgan fingerprint density at radius 2 is 2.06 bits per heavy atom. The maximum Gasteiger partial charge on any atom is 0.224 e. The van der Waals surface area contributed by atoms with Crippen molar-refractivity contribution in [2.24, 2.45) is 5.73 Å². The number of ether oxygens (including phenoxy) is 1. The van der Waals surface area contributed by atoms with E-state index < -0.39 is 0 Å². The third-order valence-corrected chi connectivity index (χ3v) is 2.94. The second-order valence-corrected chi connectivity index (χ2v) is 4.71. The van der Waals surface area contributed by atoms with Crippen LogP contribution >= 0.6 is 23.2 Å². The molecule has 1 unspecified atom stereocenters. The lowest BCUT2D eigenvalue weighted by Gasteiger charge is -2.13. The van der Waals surface area contributed by atoms with E-state index in [0.29, 0.717) is 21.7 Å². The molecule has 1 aromatic carbocycles. The first-order chi connectivity index (χ1) is 8.58. The van der Waals surface area contributed by atoms with Gasteiger partial charge in [0.1, 0.15) is 5.75 Å². The Hall–Kier alpha value is -1.29. The largest absolute Gasteiger partial charge is 0.437 e. The van der Waals surface area contributed by atoms with E-state index in [1.54, 1.807) is 24.4 Å². The third-order valence-electron chi connectivity index (χ3n) is 2.39. The van der Waals surface area contributed by atoms with Gasteiger partial charge in [-0.05, 0) is 25.1 Å². The van der Waals surface area contributed by atoms with E-state index in [-0.39, 0.29) is 6.04 Å². The normalized spacial score (nSPS) is 12.2. The molecular formula is C13H12Cl2N2O. The van der Waals surface area contributed by atoms with Gasteiger partial charge in [-0.1, -0.05) is 29.3 Å². The summed E-state index contributed by atoms with van der Waals surface area (Å²) in [5, 5.41) is 1.02. The molecule has 0 aliphatic carbocycles. The van der Waals surface area contributed by atoms with Gasteiger partial charge in [-0.3, -0.25) is 0 Å². The Kier molecular flexibility index (Phi) is 4.07. The van der Waals surface area contributed by atoms with Crippen molar-refractivity contribution in [3.05, 3.63) is 52.1 Å². The van der Waals surface area contributed by atoms with Crippen LogP contribution in [0.1, 0.15) is 18.5 Å². The molecule has 94 valence electrons. The average molecular weight is 283 g/mol. The molecule has 0 radical (unpaired) electrons. The quantitative estimate of drug-likeness (QED) is 0.918. The summed E-state index contributed by atoms with van der Waals surface area (Å²) in [5.74, 6) is 0.904. The maximum atomic E-state index is 6.04. The molecular weight excluding hydrogens is 271 g/mol. The van der Waals surface area contributed by atoms with Gasteiger partial charge in [-0.15, -0.1) is 0 Å². The van der Waals surface area contributed by atoms with Gasteiger partial charge in [0, 0.05) is 28.9 Å². The van der Waals surface area contributed by atoms with E-state index in [1.165, 1.54) is 0 Å². The highest BCUT2D eigenvalue weighted by atomic mass is 35.5. The van der Waals surface area contributed by atoms with Gasteiger partial charge in [-0.2, -0.15) is 0 Å². The summed E-state index contributed by atoms with van der Waals surface area (Å²) in [4.78, 5) is 4.16. The number of hydrogen-bond acceptors (Lipinski definition) is 3. The number of halogens is 2. The Labute approximate surface area is 115 Å². The van der Waals surface area contributed by atoms with Gasteiger partial charge in [0.25, 0.3) is 0 Å². The maximum absolute atomic E-state index is 6.04. The summed E-state index contributed by atoms with van der Waals surface area (Å²) >= 11 is 11.9. The lowest BCUT2D eigenvalue weighted by Crippen LogP contribution is -2.07. The zero-order chi connectivity index (χ0) is 13.1. The summed E-state index contributed by atoms with van der Waals surface area (Å²) in [5.41, 5.74) is 6.67. The highest BCUT2D eigenvalue weighted by Crippen LogP contribution is 2.33. The van der Waals surface area contributed by atoms with Crippen molar-refractivity contribution in [2.45, 2.75) is 13.0 Å². The first kappa shape index (κ1) is 13.1. The minimum absolute atomic E-state index is 0.174. The predicted octanol–water partition coefficient (Wildman–Crippen LogP) is 4.20. The van der Waals surface area contributed by atoms with E-state index >= 15 is 0 Å². The van der Waals surface area contributed by atoms with Crippen molar-refractivity contribution in [2.75, 3.05) is 0 Å². The molecule has 1 heterocycles. The fourth-order valence-electron chi connectivity index (χ4n) is 1.49. The number of nitrogens with two attached hydrogens (primary N) is 1. The first-order valence-electron chi connectivity index (χ1n) is 5.41. The van der Waals surface area contributed by atoms with E-state index in [1.807, 2.05) is 19.1 Å². The Morgan fingerprint density at radius 3 is 2.78 bits per heavy atom. The Morgan fingerprint density at radius 1 is 1.28 bits per heavy atom. The zero-order valence-corrected chi connectivity index (χ0v) is 11.2. The van der Waals surface area contributed by atoms with Gasteiger partial charge in [0.15, 0.2) is 0 Å². The minimum atomic E-state index is -0.174. The lowest BCUT2D eigenvalue weighted by molar-refractivity contribution is 0.452. The summed E-state index contributed by atoms with van der Waals surface area (Å²) in [6.45, 7) is 1.86. The van der Waals surface area contributed by atoms with Crippen LogP contribution < -0.4 is 10.5 Å². The van der Waals surface area contributed by atoms with E-state index in [9.17, 15) is 0 Å². The third kappa shape index (κ3) is 2.93. The fraction of sp³-hybridized carbons (Fsp3) is 0.154. The number of aromatic nitrogens is 1. The van der Waals surface area contributed by atoms with Gasteiger partial charge < -0.3 is 10.5 Å². The van der Waals surface area contributed by atoms with Gasteiger partial charge >= 0.3 is 0 Å². The van der Waals surface area contributed by atoms with Crippen molar-refractivity contribution in [1.29, 1.82) is 0 Å². The van der Waals surface area contributed by atoms with Crippen LogP contribution in [0, 0.1) is 0 Å². The van der Waals surface area contributed by atoms with Crippen molar-refractivity contribution in [3.8, 4) is 11.6 Å². The van der Waals surface area contributed by atoms with Gasteiger partial charge in [0.2, 0.25) is 5.88 Å². The molecule has 2 rings (SSSR count). The second kappa shape index (κ2) is 5.57. The van der Waals surface area contributed by atoms with Crippen LogP contribution in [0.25, 0.3) is 0 Å². The van der Waals surface area contributed by atoms with Crippen molar-refractivity contribution in [1.82, 2.24) is 4.98 Å². The molecule has 1 atom stereocenters. The predicted molar refractivity (Wildman–Crippen MR) is 73.4 cm³/mol. The smallest absolute Gasteiger partial charge is 0.224 e. The summed E-state index contributed by atoms with van der Waals surface area (Å²) < 4.78 is 5.67. The van der Waals surface area contributed by atoms with Crippen LogP contribution in [0.4, 0.5) is 0 Å². The summed E-state index contributed by atoms with van der Waals surface area (Å²) in [6.07, 6.45) is 1.64. The number of hydrogen-bond donors (Lipinski definition) is 1. The molecule has 0 fully saturated rings. The van der Waals surface area contributed by atoms with E-state index in [4.69, 9.17) is 33.7 Å². The zero-order valence-electron chi connectivity index (χ0n) is 9.73. The number of benzene rings is 1. The highest BCUT2D eigenvalue weighted by molar-refractivity contribution is 6.34. The van der Waals surface area contributed by atoms with Crippen LogP contribution in [0.2, 0.25) is 10.0 Å². The molecule has 18 heavy (non-hydrogen) atoms. The minimum Gasteiger partial charge on any atom is -0.437 e. The molecule has 0 saturated heterocycles. The standard InChI is InChI=1S/C13H12Cl2N2O/c1-8(16)10-3-2-6-17-13(10)18-12-7-9(14)4-5-11(12)15/h2-8H,16H2,1H3. The van der Waals surface area contributed by atoms with Crippen LogP contribution in [-0.4, -0.2) is 4.98 Å². The molecule has 0 saturated carbocycles. The molecule has 3 nitrogen and oxygen atoms in total. The van der Waals surface area contributed by atoms with E-state index in [0.717, 1.165) is 5.56 Å². The van der Waals surface area contributed by atoms with Crippen molar-refractivity contribution in [3.63, 3.8) is 0 Å². The molecule has 0 bridgehead atoms. The van der Waals surface area contributed by atoms with Crippen LogP contribution in [0.15, 0.2) is 36.5 Å². The SMILES string of the molecule is CC(N)c1cccnc1Oc1cc(Cl)ccc1Cl. The topological polar surface area (TPSA) is 48.1 Å². The number of nitrogens with zero attached hydrogens (tertiary/aromatic N) is 1. The lowest BCUT2D eigenvalue weighted by atomic mass is 10.1. The van der Waals surface area contributed by atoms with Crippen molar-refractivity contribution < 1.29 is 4.74 Å². The average Bonchev–Trinajstić information content (AvgIpc) is 2.34. The summed E-state index contributed by atoms with van der Waals surface area (Å²) in [6, 6.07) is 8.52. The molecule has 0 spiro atoms. The molecule has 5 heteroatoms. The van der Waals surface area contributed by atoms with Crippen LogP contribution in [0.5, 0.6) is 11.6 Å². The van der Waals surface area contributed by atoms with Crippen molar-refractivity contribution >= 4 is 23.2 Å². The molecule has 1 aromatic heterocycles. The van der Waals surface area contributed by atoms with Crippen LogP contribution in [-0.2, 0) is 0 Å². The number of rotatable bonds is 3. The first-order valence-corrected chi connectivity index (χ1v) is 6.17.